The number of hydrogen-bond acceptors (Lipinski definition) is 2. The van der Waals surface area contributed by atoms with Gasteiger partial charge in [0.2, 0.25) is 0 Å². The number of fused-ring (bicyclic) bond motifs is 3. The molecule has 2 aliphatic rings. The minimum atomic E-state index is 0.793. The molecule has 1 heterocycles. The third-order valence-corrected chi connectivity index (χ3v) is 4.98. The topological polar surface area (TPSA) is 16.4 Å². The van der Waals surface area contributed by atoms with Crippen molar-refractivity contribution in [1.82, 2.24) is 4.90 Å². The second kappa shape index (κ2) is 6.29. The highest BCUT2D eigenvalue weighted by atomic mass is 16.3. The number of aryl methyl sites for hydroxylation is 1. The highest BCUT2D eigenvalue weighted by molar-refractivity contribution is 5.91. The SMILES string of the molecule is CC1=CC(N(C)C2=CC=Cc3c(oc4c(C)cccc34)C2)=CC=CC1. The Balaban J connectivity index is 1.71. The van der Waals surface area contributed by atoms with E-state index in [1.54, 1.807) is 0 Å². The summed E-state index contributed by atoms with van der Waals surface area (Å²) in [6.45, 7) is 4.28. The maximum absolute atomic E-state index is 6.25. The minimum Gasteiger partial charge on any atom is -0.460 e. The number of benzene rings is 1. The van der Waals surface area contributed by atoms with Crippen LogP contribution < -0.4 is 0 Å². The average Bonchev–Trinajstić information content (AvgIpc) is 2.76. The molecule has 0 unspecified atom stereocenters. The van der Waals surface area contributed by atoms with Gasteiger partial charge in [-0.25, -0.2) is 0 Å². The van der Waals surface area contributed by atoms with Crippen LogP contribution in [0.1, 0.15) is 30.2 Å². The predicted molar refractivity (Wildman–Crippen MR) is 105 cm³/mol. The molecule has 0 fully saturated rings. The zero-order valence-electron chi connectivity index (χ0n) is 15.0. The second-order valence-electron chi connectivity index (χ2n) is 6.86. The molecule has 0 saturated carbocycles. The molecule has 2 nitrogen and oxygen atoms in total. The zero-order chi connectivity index (χ0) is 17.4. The fourth-order valence-electron chi connectivity index (χ4n) is 3.51. The van der Waals surface area contributed by atoms with Crippen LogP contribution in [-0.2, 0) is 6.42 Å². The van der Waals surface area contributed by atoms with Gasteiger partial charge in [0.15, 0.2) is 0 Å². The third-order valence-electron chi connectivity index (χ3n) is 4.98. The van der Waals surface area contributed by atoms with E-state index in [-0.39, 0.29) is 0 Å². The van der Waals surface area contributed by atoms with E-state index in [1.807, 2.05) is 0 Å². The van der Waals surface area contributed by atoms with Gasteiger partial charge in [0.1, 0.15) is 11.3 Å². The van der Waals surface area contributed by atoms with E-state index >= 15 is 0 Å². The molecule has 2 heteroatoms. The molecule has 2 aromatic rings. The van der Waals surface area contributed by atoms with E-state index in [0.717, 1.165) is 24.2 Å². The Morgan fingerprint density at radius 3 is 2.84 bits per heavy atom. The molecule has 0 atom stereocenters. The van der Waals surface area contributed by atoms with Gasteiger partial charge in [0.25, 0.3) is 0 Å². The van der Waals surface area contributed by atoms with Crippen molar-refractivity contribution in [2.45, 2.75) is 26.7 Å². The van der Waals surface area contributed by atoms with Crippen LogP contribution in [0.3, 0.4) is 0 Å². The minimum absolute atomic E-state index is 0.793. The first-order chi connectivity index (χ1) is 12.1. The first kappa shape index (κ1) is 15.8. The number of nitrogens with zero attached hydrogens (tertiary/aromatic N) is 1. The Labute approximate surface area is 149 Å². The lowest BCUT2D eigenvalue weighted by atomic mass is 10.1. The Kier molecular flexibility index (Phi) is 3.96. The van der Waals surface area contributed by atoms with Gasteiger partial charge in [0, 0.05) is 35.8 Å². The van der Waals surface area contributed by atoms with Gasteiger partial charge >= 0.3 is 0 Å². The highest BCUT2D eigenvalue weighted by Gasteiger charge is 2.19. The number of allylic oxidation sites excluding steroid dienone is 8. The molecule has 0 amide bonds. The van der Waals surface area contributed by atoms with E-state index in [0.29, 0.717) is 0 Å². The van der Waals surface area contributed by atoms with Gasteiger partial charge in [-0.3, -0.25) is 0 Å². The molecule has 2 aliphatic carbocycles. The van der Waals surface area contributed by atoms with Crippen LogP contribution in [0.5, 0.6) is 0 Å². The van der Waals surface area contributed by atoms with Crippen molar-refractivity contribution in [2.75, 3.05) is 7.05 Å². The van der Waals surface area contributed by atoms with Crippen LogP contribution in [0.2, 0.25) is 0 Å². The van der Waals surface area contributed by atoms with Crippen LogP contribution in [0.4, 0.5) is 0 Å². The van der Waals surface area contributed by atoms with Crippen molar-refractivity contribution < 1.29 is 4.42 Å². The molecule has 0 radical (unpaired) electrons. The molecule has 0 spiro atoms. The largest absolute Gasteiger partial charge is 0.460 e. The van der Waals surface area contributed by atoms with Crippen molar-refractivity contribution in [3.05, 3.63) is 88.5 Å². The Morgan fingerprint density at radius 2 is 1.96 bits per heavy atom. The summed E-state index contributed by atoms with van der Waals surface area (Å²) in [4.78, 5) is 2.26. The number of furan rings is 1. The molecule has 0 aliphatic heterocycles. The summed E-state index contributed by atoms with van der Waals surface area (Å²) in [5.41, 5.74) is 7.22. The van der Waals surface area contributed by atoms with Crippen molar-refractivity contribution in [1.29, 1.82) is 0 Å². The molecular weight excluding hydrogens is 306 g/mol. The Bertz CT molecular complexity index is 979. The van der Waals surface area contributed by atoms with Gasteiger partial charge in [-0.05, 0) is 44.1 Å². The first-order valence-electron chi connectivity index (χ1n) is 8.79. The van der Waals surface area contributed by atoms with Gasteiger partial charge < -0.3 is 9.32 Å². The molecule has 0 bridgehead atoms. The maximum Gasteiger partial charge on any atom is 0.137 e. The summed E-state index contributed by atoms with van der Waals surface area (Å²) in [6, 6.07) is 6.35. The standard InChI is InChI=1S/C23H23NO/c1-16-8-4-5-10-18(14-16)24(3)19-11-7-12-20-21-13-6-9-17(2)23(21)25-22(20)15-19/h4-7,9-14H,8,15H2,1-3H3. The number of para-hydroxylation sites is 1. The molecule has 1 aromatic heterocycles. The van der Waals surface area contributed by atoms with Gasteiger partial charge in [-0.2, -0.15) is 0 Å². The molecule has 1 aromatic carbocycles. The van der Waals surface area contributed by atoms with Crippen LogP contribution in [0.25, 0.3) is 17.0 Å². The number of hydrogen-bond donors (Lipinski definition) is 0. The van der Waals surface area contributed by atoms with E-state index in [4.69, 9.17) is 4.42 Å². The van der Waals surface area contributed by atoms with Crippen LogP contribution >= 0.6 is 0 Å². The lowest BCUT2D eigenvalue weighted by Crippen LogP contribution is -2.17. The van der Waals surface area contributed by atoms with Crippen LogP contribution in [0.15, 0.2) is 76.0 Å². The smallest absolute Gasteiger partial charge is 0.137 e. The number of likely N-dealkylation sites (N-methyl/N-ethyl adjacent to an activating group) is 1. The Hall–Kier alpha value is -2.74. The Morgan fingerprint density at radius 1 is 1.08 bits per heavy atom. The van der Waals surface area contributed by atoms with Gasteiger partial charge in [-0.15, -0.1) is 0 Å². The van der Waals surface area contributed by atoms with Gasteiger partial charge in [0.05, 0.1) is 0 Å². The highest BCUT2D eigenvalue weighted by Crippen LogP contribution is 2.33. The summed E-state index contributed by atoms with van der Waals surface area (Å²) in [5.74, 6) is 1.04. The van der Waals surface area contributed by atoms with E-state index < -0.39 is 0 Å². The van der Waals surface area contributed by atoms with Crippen LogP contribution in [-0.4, -0.2) is 11.9 Å². The normalized spacial score (nSPS) is 16.7. The fourth-order valence-corrected chi connectivity index (χ4v) is 3.51. The fraction of sp³-hybridized carbons (Fsp3) is 0.217. The molecule has 126 valence electrons. The second-order valence-corrected chi connectivity index (χ2v) is 6.86. The third kappa shape index (κ3) is 2.89. The van der Waals surface area contributed by atoms with Crippen LogP contribution in [0, 0.1) is 6.92 Å². The molecule has 0 saturated heterocycles. The summed E-state index contributed by atoms with van der Waals surface area (Å²) in [6.07, 6.45) is 17.1. The zero-order valence-corrected chi connectivity index (χ0v) is 15.0. The lowest BCUT2D eigenvalue weighted by Gasteiger charge is -2.23. The first-order valence-corrected chi connectivity index (χ1v) is 8.79. The molecule has 0 N–H and O–H groups in total. The molecule has 4 rings (SSSR count). The van der Waals surface area contributed by atoms with Crippen molar-refractivity contribution in [3.63, 3.8) is 0 Å². The summed E-state index contributed by atoms with van der Waals surface area (Å²) in [7, 11) is 2.13. The van der Waals surface area contributed by atoms with E-state index in [9.17, 15) is 0 Å². The average molecular weight is 329 g/mol. The maximum atomic E-state index is 6.25. The van der Waals surface area contributed by atoms with E-state index in [1.165, 1.54) is 33.5 Å². The summed E-state index contributed by atoms with van der Waals surface area (Å²) >= 11 is 0. The van der Waals surface area contributed by atoms with Crippen molar-refractivity contribution in [2.24, 2.45) is 0 Å². The van der Waals surface area contributed by atoms with Crippen molar-refractivity contribution in [3.8, 4) is 0 Å². The predicted octanol–water partition coefficient (Wildman–Crippen LogP) is 5.92. The van der Waals surface area contributed by atoms with E-state index in [2.05, 4.69) is 86.5 Å². The van der Waals surface area contributed by atoms with Crippen molar-refractivity contribution >= 4 is 17.0 Å². The summed E-state index contributed by atoms with van der Waals surface area (Å²) in [5, 5.41) is 1.20. The molecule has 25 heavy (non-hydrogen) atoms. The monoisotopic (exact) mass is 329 g/mol. The quantitative estimate of drug-likeness (QED) is 0.680. The number of rotatable bonds is 2. The molecular formula is C23H23NO. The summed E-state index contributed by atoms with van der Waals surface area (Å²) < 4.78 is 6.25. The lowest BCUT2D eigenvalue weighted by molar-refractivity contribution is 0.486. The van der Waals surface area contributed by atoms with Gasteiger partial charge in [-0.1, -0.05) is 48.1 Å².